The van der Waals surface area contributed by atoms with Crippen LogP contribution in [0, 0.1) is 0 Å². The summed E-state index contributed by atoms with van der Waals surface area (Å²) in [5.41, 5.74) is 1.11. The van der Waals surface area contributed by atoms with Gasteiger partial charge in [-0.1, -0.05) is 18.2 Å². The summed E-state index contributed by atoms with van der Waals surface area (Å²) >= 11 is 5.89. The molecule has 62 valence electrons. The molecule has 0 saturated heterocycles. The van der Waals surface area contributed by atoms with Crippen LogP contribution in [0.3, 0.4) is 0 Å². The molecule has 0 radical (unpaired) electrons. The van der Waals surface area contributed by atoms with Gasteiger partial charge in [0.05, 0.1) is 6.54 Å². The van der Waals surface area contributed by atoms with E-state index in [4.69, 9.17) is 11.6 Å². The molecule has 1 aromatic carbocycles. The SMILES string of the molecule is ClC1=NCCN1c1ccccc1. The predicted molar refractivity (Wildman–Crippen MR) is 51.9 cm³/mol. The Morgan fingerprint density at radius 3 is 2.58 bits per heavy atom. The summed E-state index contributed by atoms with van der Waals surface area (Å²) in [6.07, 6.45) is 0. The number of benzene rings is 1. The number of aliphatic imine (C=N–C) groups is 1. The fraction of sp³-hybridized carbons (Fsp3) is 0.222. The zero-order valence-corrected chi connectivity index (χ0v) is 7.33. The van der Waals surface area contributed by atoms with E-state index in [0.717, 1.165) is 18.8 Å². The van der Waals surface area contributed by atoms with Gasteiger partial charge in [0.25, 0.3) is 0 Å². The van der Waals surface area contributed by atoms with Crippen molar-refractivity contribution >= 4 is 22.6 Å². The minimum absolute atomic E-state index is 0.598. The van der Waals surface area contributed by atoms with E-state index in [1.807, 2.05) is 35.2 Å². The zero-order chi connectivity index (χ0) is 8.39. The summed E-state index contributed by atoms with van der Waals surface area (Å²) in [4.78, 5) is 6.10. The predicted octanol–water partition coefficient (Wildman–Crippen LogP) is 2.10. The van der Waals surface area contributed by atoms with Crippen LogP contribution >= 0.6 is 11.6 Å². The monoisotopic (exact) mass is 180 g/mol. The van der Waals surface area contributed by atoms with Gasteiger partial charge in [0.2, 0.25) is 0 Å². The van der Waals surface area contributed by atoms with Crippen LogP contribution in [0.2, 0.25) is 0 Å². The van der Waals surface area contributed by atoms with Crippen LogP contribution in [0.4, 0.5) is 5.69 Å². The van der Waals surface area contributed by atoms with Crippen LogP contribution < -0.4 is 4.90 Å². The highest BCUT2D eigenvalue weighted by atomic mass is 35.5. The maximum atomic E-state index is 5.89. The summed E-state index contributed by atoms with van der Waals surface area (Å²) in [7, 11) is 0. The summed E-state index contributed by atoms with van der Waals surface area (Å²) in [6.45, 7) is 1.69. The van der Waals surface area contributed by atoms with Crippen molar-refractivity contribution in [1.29, 1.82) is 0 Å². The molecule has 1 aliphatic rings. The third-order valence-corrected chi connectivity index (χ3v) is 2.18. The average Bonchev–Trinajstić information content (AvgIpc) is 2.53. The molecule has 2 nitrogen and oxygen atoms in total. The quantitative estimate of drug-likeness (QED) is 0.605. The third kappa shape index (κ3) is 1.30. The smallest absolute Gasteiger partial charge is 0.198 e. The number of halogens is 1. The number of nitrogens with zero attached hydrogens (tertiary/aromatic N) is 2. The number of rotatable bonds is 1. The molecule has 0 spiro atoms. The van der Waals surface area contributed by atoms with Crippen molar-refractivity contribution in [1.82, 2.24) is 0 Å². The second kappa shape index (κ2) is 3.15. The van der Waals surface area contributed by atoms with Gasteiger partial charge in [0, 0.05) is 12.2 Å². The molecule has 0 unspecified atom stereocenters. The summed E-state index contributed by atoms with van der Waals surface area (Å²) < 4.78 is 0. The van der Waals surface area contributed by atoms with Crippen LogP contribution in [0.15, 0.2) is 35.3 Å². The highest BCUT2D eigenvalue weighted by Crippen LogP contribution is 2.17. The number of hydrogen-bond donors (Lipinski definition) is 0. The highest BCUT2D eigenvalue weighted by Gasteiger charge is 2.15. The van der Waals surface area contributed by atoms with E-state index in [1.54, 1.807) is 0 Å². The lowest BCUT2D eigenvalue weighted by Gasteiger charge is -2.15. The second-order valence-corrected chi connectivity index (χ2v) is 2.98. The summed E-state index contributed by atoms with van der Waals surface area (Å²) in [6, 6.07) is 10.0. The Hall–Kier alpha value is -1.02. The van der Waals surface area contributed by atoms with Crippen molar-refractivity contribution in [2.24, 2.45) is 4.99 Å². The molecule has 0 fully saturated rings. The zero-order valence-electron chi connectivity index (χ0n) is 6.57. The Morgan fingerprint density at radius 1 is 1.25 bits per heavy atom. The van der Waals surface area contributed by atoms with Crippen LogP contribution in [-0.4, -0.2) is 18.4 Å². The van der Waals surface area contributed by atoms with Crippen LogP contribution in [-0.2, 0) is 0 Å². The van der Waals surface area contributed by atoms with E-state index in [9.17, 15) is 0 Å². The Labute approximate surface area is 76.5 Å². The van der Waals surface area contributed by atoms with E-state index in [0.29, 0.717) is 5.29 Å². The third-order valence-electron chi connectivity index (χ3n) is 1.86. The van der Waals surface area contributed by atoms with E-state index < -0.39 is 0 Å². The van der Waals surface area contributed by atoms with E-state index in [2.05, 4.69) is 4.99 Å². The molecule has 2 rings (SSSR count). The largest absolute Gasteiger partial charge is 0.315 e. The molecule has 3 heteroatoms. The van der Waals surface area contributed by atoms with E-state index in [1.165, 1.54) is 0 Å². The van der Waals surface area contributed by atoms with Gasteiger partial charge in [-0.05, 0) is 23.7 Å². The number of para-hydroxylation sites is 1. The van der Waals surface area contributed by atoms with E-state index in [-0.39, 0.29) is 0 Å². The molecule has 1 aliphatic heterocycles. The van der Waals surface area contributed by atoms with Crippen molar-refractivity contribution in [2.75, 3.05) is 18.0 Å². The molecule has 0 aromatic heterocycles. The molecule has 0 aliphatic carbocycles. The topological polar surface area (TPSA) is 15.6 Å². The molecule has 12 heavy (non-hydrogen) atoms. The van der Waals surface area contributed by atoms with E-state index >= 15 is 0 Å². The molecule has 0 atom stereocenters. The Morgan fingerprint density at radius 2 is 2.00 bits per heavy atom. The number of amidine groups is 1. The lowest BCUT2D eigenvalue weighted by atomic mass is 10.3. The van der Waals surface area contributed by atoms with Gasteiger partial charge in [0.1, 0.15) is 0 Å². The van der Waals surface area contributed by atoms with Crippen molar-refractivity contribution in [3.8, 4) is 0 Å². The van der Waals surface area contributed by atoms with Crippen LogP contribution in [0.1, 0.15) is 0 Å². The van der Waals surface area contributed by atoms with Crippen molar-refractivity contribution in [3.05, 3.63) is 30.3 Å². The highest BCUT2D eigenvalue weighted by molar-refractivity contribution is 6.68. The van der Waals surface area contributed by atoms with Crippen molar-refractivity contribution in [3.63, 3.8) is 0 Å². The molecule has 0 bridgehead atoms. The first-order chi connectivity index (χ1) is 5.88. The van der Waals surface area contributed by atoms with Crippen LogP contribution in [0.5, 0.6) is 0 Å². The summed E-state index contributed by atoms with van der Waals surface area (Å²) in [5.74, 6) is 0. The first-order valence-electron chi connectivity index (χ1n) is 3.90. The average molecular weight is 181 g/mol. The molecular formula is C9H9ClN2. The minimum atomic E-state index is 0.598. The first-order valence-corrected chi connectivity index (χ1v) is 4.28. The second-order valence-electron chi connectivity index (χ2n) is 2.64. The van der Waals surface area contributed by atoms with Crippen LogP contribution in [0.25, 0.3) is 0 Å². The molecule has 1 heterocycles. The summed E-state index contributed by atoms with van der Waals surface area (Å²) in [5, 5.41) is 0.598. The lowest BCUT2D eigenvalue weighted by molar-refractivity contribution is 1.02. The minimum Gasteiger partial charge on any atom is -0.315 e. The maximum absolute atomic E-state index is 5.89. The molecule has 1 aromatic rings. The fourth-order valence-corrected chi connectivity index (χ4v) is 1.53. The fourth-order valence-electron chi connectivity index (χ4n) is 1.26. The van der Waals surface area contributed by atoms with Crippen molar-refractivity contribution in [2.45, 2.75) is 0 Å². The maximum Gasteiger partial charge on any atom is 0.198 e. The molecule has 0 N–H and O–H groups in total. The Bertz CT molecular complexity index is 295. The van der Waals surface area contributed by atoms with Gasteiger partial charge in [-0.15, -0.1) is 0 Å². The first kappa shape index (κ1) is 7.62. The molecular weight excluding hydrogens is 172 g/mol. The molecule has 0 saturated carbocycles. The lowest BCUT2D eigenvalue weighted by Crippen LogP contribution is -2.22. The van der Waals surface area contributed by atoms with Gasteiger partial charge < -0.3 is 4.90 Å². The van der Waals surface area contributed by atoms with Gasteiger partial charge in [-0.3, -0.25) is 4.99 Å². The number of hydrogen-bond acceptors (Lipinski definition) is 2. The Kier molecular flexibility index (Phi) is 2.00. The number of anilines is 1. The molecule has 0 amide bonds. The van der Waals surface area contributed by atoms with Crippen molar-refractivity contribution < 1.29 is 0 Å². The van der Waals surface area contributed by atoms with Gasteiger partial charge >= 0.3 is 0 Å². The van der Waals surface area contributed by atoms with Gasteiger partial charge in [-0.25, -0.2) is 0 Å². The standard InChI is InChI=1S/C9H9ClN2/c10-9-11-6-7-12(9)8-4-2-1-3-5-8/h1-5H,6-7H2. The Balaban J connectivity index is 2.27. The normalized spacial score (nSPS) is 16.4. The van der Waals surface area contributed by atoms with Gasteiger partial charge in [-0.2, -0.15) is 0 Å². The van der Waals surface area contributed by atoms with Gasteiger partial charge in [0.15, 0.2) is 5.29 Å².